The number of fused-ring (bicyclic) bond motifs is 1. The van der Waals surface area contributed by atoms with E-state index in [4.69, 9.17) is 9.47 Å². The van der Waals surface area contributed by atoms with Gasteiger partial charge >= 0.3 is 12.1 Å². The molecule has 0 aromatic rings. The van der Waals surface area contributed by atoms with E-state index in [9.17, 15) is 14.7 Å². The highest BCUT2D eigenvalue weighted by Gasteiger charge is 2.56. The molecule has 2 aliphatic rings. The van der Waals surface area contributed by atoms with Crippen molar-refractivity contribution in [2.45, 2.75) is 63.8 Å². The molecule has 2 rings (SSSR count). The van der Waals surface area contributed by atoms with Crippen LogP contribution in [0, 0.1) is 5.92 Å². The van der Waals surface area contributed by atoms with Gasteiger partial charge < -0.3 is 14.6 Å². The normalized spacial score (nSPS) is 33.0. The summed E-state index contributed by atoms with van der Waals surface area (Å²) in [7, 11) is 1.26. The number of esters is 1. The molecule has 114 valence electrons. The van der Waals surface area contributed by atoms with Crippen molar-refractivity contribution in [3.05, 3.63) is 0 Å². The van der Waals surface area contributed by atoms with Crippen LogP contribution in [0.2, 0.25) is 0 Å². The van der Waals surface area contributed by atoms with Gasteiger partial charge in [-0.15, -0.1) is 0 Å². The molecule has 1 amide bonds. The molecule has 0 bridgehead atoms. The lowest BCUT2D eigenvalue weighted by molar-refractivity contribution is -0.149. The maximum atomic E-state index is 12.4. The smallest absolute Gasteiger partial charge is 0.411 e. The molecule has 1 aliphatic heterocycles. The first kappa shape index (κ1) is 15.1. The molecule has 1 N–H and O–H groups in total. The lowest BCUT2D eigenvalue weighted by Gasteiger charge is -2.31. The van der Waals surface area contributed by atoms with Gasteiger partial charge in [-0.05, 0) is 33.6 Å². The summed E-state index contributed by atoms with van der Waals surface area (Å²) in [5, 5.41) is 10.3. The number of hydrogen-bond acceptors (Lipinski definition) is 5. The fourth-order valence-corrected chi connectivity index (χ4v) is 3.26. The predicted molar refractivity (Wildman–Crippen MR) is 71.0 cm³/mol. The number of nitrogens with zero attached hydrogens (tertiary/aromatic N) is 1. The van der Waals surface area contributed by atoms with Gasteiger partial charge in [-0.3, -0.25) is 4.90 Å². The maximum absolute atomic E-state index is 12.4. The van der Waals surface area contributed by atoms with Gasteiger partial charge in [0.1, 0.15) is 5.60 Å². The van der Waals surface area contributed by atoms with Gasteiger partial charge in [-0.1, -0.05) is 6.42 Å². The van der Waals surface area contributed by atoms with Gasteiger partial charge in [0.25, 0.3) is 0 Å². The van der Waals surface area contributed by atoms with Crippen LogP contribution in [0.5, 0.6) is 0 Å². The standard InChI is InChI=1S/C14H23NO5/c1-14(2,3)20-13(18)15-9-7-5-6-8(9)11(16)10(15)12(17)19-4/h8-11,16H,5-7H2,1-4H3. The number of aliphatic hydroxyl groups excluding tert-OH is 1. The Bertz CT molecular complexity index is 403. The lowest BCUT2D eigenvalue weighted by atomic mass is 9.98. The van der Waals surface area contributed by atoms with Gasteiger partial charge in [0.15, 0.2) is 6.04 Å². The quantitative estimate of drug-likeness (QED) is 0.735. The van der Waals surface area contributed by atoms with Crippen molar-refractivity contribution >= 4 is 12.1 Å². The highest BCUT2D eigenvalue weighted by molar-refractivity contribution is 5.83. The maximum Gasteiger partial charge on any atom is 0.411 e. The molecule has 0 aromatic carbocycles. The topological polar surface area (TPSA) is 76.1 Å². The second kappa shape index (κ2) is 5.24. The summed E-state index contributed by atoms with van der Waals surface area (Å²) < 4.78 is 10.1. The molecule has 6 heteroatoms. The first-order valence-corrected chi connectivity index (χ1v) is 7.03. The summed E-state index contributed by atoms with van der Waals surface area (Å²) in [6.07, 6.45) is 1.12. The van der Waals surface area contributed by atoms with Crippen molar-refractivity contribution in [1.29, 1.82) is 0 Å². The number of rotatable bonds is 1. The summed E-state index contributed by atoms with van der Waals surface area (Å²) >= 11 is 0. The van der Waals surface area contributed by atoms with E-state index in [2.05, 4.69) is 0 Å². The zero-order chi connectivity index (χ0) is 15.1. The van der Waals surface area contributed by atoms with Crippen LogP contribution in [-0.4, -0.2) is 53.0 Å². The Morgan fingerprint density at radius 1 is 1.25 bits per heavy atom. The number of aliphatic hydroxyl groups is 1. The molecular weight excluding hydrogens is 262 g/mol. The van der Waals surface area contributed by atoms with Crippen molar-refractivity contribution in [3.8, 4) is 0 Å². The van der Waals surface area contributed by atoms with Crippen molar-refractivity contribution in [1.82, 2.24) is 4.90 Å². The summed E-state index contributed by atoms with van der Waals surface area (Å²) in [6, 6.07) is -1.09. The zero-order valence-electron chi connectivity index (χ0n) is 12.5. The van der Waals surface area contributed by atoms with Crippen molar-refractivity contribution < 1.29 is 24.2 Å². The molecule has 1 heterocycles. The van der Waals surface area contributed by atoms with Crippen LogP contribution < -0.4 is 0 Å². The zero-order valence-corrected chi connectivity index (χ0v) is 12.5. The fourth-order valence-electron chi connectivity index (χ4n) is 3.26. The number of carbonyl (C=O) groups is 2. The molecule has 1 saturated carbocycles. The van der Waals surface area contributed by atoms with Crippen LogP contribution in [0.25, 0.3) is 0 Å². The monoisotopic (exact) mass is 285 g/mol. The molecule has 0 spiro atoms. The summed E-state index contributed by atoms with van der Waals surface area (Å²) in [6.45, 7) is 5.32. The first-order chi connectivity index (χ1) is 9.26. The molecule has 0 aromatic heterocycles. The van der Waals surface area contributed by atoms with Gasteiger partial charge in [0, 0.05) is 12.0 Å². The lowest BCUT2D eigenvalue weighted by Crippen LogP contribution is -2.50. The van der Waals surface area contributed by atoms with Crippen LogP contribution in [0.15, 0.2) is 0 Å². The number of carbonyl (C=O) groups excluding carboxylic acids is 2. The number of likely N-dealkylation sites (tertiary alicyclic amines) is 1. The van der Waals surface area contributed by atoms with Gasteiger partial charge in [0.05, 0.1) is 13.2 Å². The third-order valence-corrected chi connectivity index (χ3v) is 4.00. The number of ether oxygens (including phenoxy) is 2. The predicted octanol–water partition coefficient (Wildman–Crippen LogP) is 1.31. The van der Waals surface area contributed by atoms with Crippen LogP contribution in [0.4, 0.5) is 4.79 Å². The third kappa shape index (κ3) is 2.61. The Hall–Kier alpha value is -1.30. The van der Waals surface area contributed by atoms with E-state index >= 15 is 0 Å². The van der Waals surface area contributed by atoms with Crippen LogP contribution in [0.3, 0.4) is 0 Å². The Labute approximate surface area is 119 Å². The Balaban J connectivity index is 2.25. The van der Waals surface area contributed by atoms with E-state index in [1.165, 1.54) is 12.0 Å². The van der Waals surface area contributed by atoms with Crippen molar-refractivity contribution in [2.24, 2.45) is 5.92 Å². The molecule has 4 unspecified atom stereocenters. The van der Waals surface area contributed by atoms with E-state index in [0.717, 1.165) is 19.3 Å². The third-order valence-electron chi connectivity index (χ3n) is 4.00. The fraction of sp³-hybridized carbons (Fsp3) is 0.857. The van der Waals surface area contributed by atoms with Crippen molar-refractivity contribution in [3.63, 3.8) is 0 Å². The molecule has 20 heavy (non-hydrogen) atoms. The van der Waals surface area contributed by atoms with Gasteiger partial charge in [0.2, 0.25) is 0 Å². The molecule has 1 saturated heterocycles. The minimum absolute atomic E-state index is 0.0633. The summed E-state index contributed by atoms with van der Waals surface area (Å²) in [4.78, 5) is 25.7. The largest absolute Gasteiger partial charge is 0.467 e. The molecule has 0 radical (unpaired) electrons. The SMILES string of the molecule is COC(=O)C1C(O)C2CCCC2N1C(=O)OC(C)(C)C. The second-order valence-corrected chi connectivity index (χ2v) is 6.51. The van der Waals surface area contributed by atoms with Crippen LogP contribution in [0.1, 0.15) is 40.0 Å². The minimum atomic E-state index is -0.954. The molecule has 2 fully saturated rings. The minimum Gasteiger partial charge on any atom is -0.467 e. The van der Waals surface area contributed by atoms with Crippen LogP contribution in [-0.2, 0) is 14.3 Å². The molecule has 4 atom stereocenters. The Morgan fingerprint density at radius 2 is 1.90 bits per heavy atom. The number of hydrogen-bond donors (Lipinski definition) is 1. The van der Waals surface area contributed by atoms with E-state index < -0.39 is 29.8 Å². The summed E-state index contributed by atoms with van der Waals surface area (Å²) in [5.41, 5.74) is -0.639. The highest BCUT2D eigenvalue weighted by Crippen LogP contribution is 2.42. The van der Waals surface area contributed by atoms with Crippen LogP contribution >= 0.6 is 0 Å². The summed E-state index contributed by atoms with van der Waals surface area (Å²) in [5.74, 6) is -0.649. The molecule has 6 nitrogen and oxygen atoms in total. The Morgan fingerprint density at radius 3 is 2.45 bits per heavy atom. The Kier molecular flexibility index (Phi) is 3.95. The van der Waals surface area contributed by atoms with E-state index in [-0.39, 0.29) is 12.0 Å². The number of amides is 1. The average molecular weight is 285 g/mol. The molecular formula is C14H23NO5. The highest BCUT2D eigenvalue weighted by atomic mass is 16.6. The van der Waals surface area contributed by atoms with Gasteiger partial charge in [-0.25, -0.2) is 9.59 Å². The van der Waals surface area contributed by atoms with E-state index in [1.807, 2.05) is 0 Å². The number of methoxy groups -OCH3 is 1. The van der Waals surface area contributed by atoms with E-state index in [0.29, 0.717) is 0 Å². The van der Waals surface area contributed by atoms with E-state index in [1.54, 1.807) is 20.8 Å². The average Bonchev–Trinajstić information content (AvgIpc) is 2.88. The van der Waals surface area contributed by atoms with Crippen molar-refractivity contribution in [2.75, 3.05) is 7.11 Å². The molecule has 1 aliphatic carbocycles. The first-order valence-electron chi connectivity index (χ1n) is 7.03. The second-order valence-electron chi connectivity index (χ2n) is 6.51. The van der Waals surface area contributed by atoms with Gasteiger partial charge in [-0.2, -0.15) is 0 Å².